The second-order valence-electron chi connectivity index (χ2n) is 4.79. The maximum absolute atomic E-state index is 13.6. The summed E-state index contributed by atoms with van der Waals surface area (Å²) < 4.78 is 53.2. The normalized spacial score (nSPS) is 17.1. The zero-order valence-corrected chi connectivity index (χ0v) is 10.4. The monoisotopic (exact) mass is 281 g/mol. The fourth-order valence-corrected chi connectivity index (χ4v) is 2.58. The molecule has 1 nitrogen and oxygen atoms in total. The van der Waals surface area contributed by atoms with Crippen molar-refractivity contribution in [3.8, 4) is 0 Å². The number of hydrogen-bond donors (Lipinski definition) is 1. The van der Waals surface area contributed by atoms with Gasteiger partial charge in [0.1, 0.15) is 11.6 Å². The van der Waals surface area contributed by atoms with E-state index in [1.807, 2.05) is 0 Å². The van der Waals surface area contributed by atoms with Crippen molar-refractivity contribution in [2.75, 3.05) is 5.32 Å². The van der Waals surface area contributed by atoms with E-state index in [4.69, 9.17) is 0 Å². The van der Waals surface area contributed by atoms with E-state index in [0.29, 0.717) is 24.5 Å². The van der Waals surface area contributed by atoms with Crippen LogP contribution in [0.25, 0.3) is 0 Å². The van der Waals surface area contributed by atoms with Crippen LogP contribution in [0.3, 0.4) is 0 Å². The Balaban J connectivity index is 1.91. The number of anilines is 1. The maximum Gasteiger partial charge on any atom is 0.161 e. The van der Waals surface area contributed by atoms with Gasteiger partial charge in [0.2, 0.25) is 0 Å². The van der Waals surface area contributed by atoms with Gasteiger partial charge in [0.25, 0.3) is 0 Å². The summed E-state index contributed by atoms with van der Waals surface area (Å²) in [7, 11) is 0. The maximum atomic E-state index is 13.6. The number of rotatable bonds is 2. The second kappa shape index (κ2) is 4.81. The molecule has 1 aliphatic rings. The molecule has 0 radical (unpaired) electrons. The van der Waals surface area contributed by atoms with Crippen LogP contribution in [0.5, 0.6) is 0 Å². The lowest BCUT2D eigenvalue weighted by molar-refractivity contribution is 0.495. The van der Waals surface area contributed by atoms with Gasteiger partial charge in [-0.2, -0.15) is 0 Å². The molecule has 0 saturated heterocycles. The largest absolute Gasteiger partial charge is 0.376 e. The van der Waals surface area contributed by atoms with Crippen LogP contribution in [-0.4, -0.2) is 0 Å². The molecule has 0 spiro atoms. The van der Waals surface area contributed by atoms with Crippen LogP contribution in [0.2, 0.25) is 0 Å². The van der Waals surface area contributed by atoms with E-state index in [1.165, 1.54) is 6.07 Å². The smallest absolute Gasteiger partial charge is 0.161 e. The molecule has 0 aliphatic heterocycles. The molecule has 0 bridgehead atoms. The summed E-state index contributed by atoms with van der Waals surface area (Å²) >= 11 is 0. The molecular formula is C15H11F4N. The number of benzene rings is 2. The van der Waals surface area contributed by atoms with Gasteiger partial charge in [0, 0.05) is 12.1 Å². The molecule has 1 atom stereocenters. The summed E-state index contributed by atoms with van der Waals surface area (Å²) in [4.78, 5) is 0. The molecule has 1 aliphatic carbocycles. The number of nitrogens with one attached hydrogen (secondary N) is 1. The average molecular weight is 281 g/mol. The van der Waals surface area contributed by atoms with Gasteiger partial charge in [0.05, 0.1) is 11.7 Å². The predicted molar refractivity (Wildman–Crippen MR) is 67.4 cm³/mol. The molecule has 1 unspecified atom stereocenters. The summed E-state index contributed by atoms with van der Waals surface area (Å²) in [5, 5.41) is 2.81. The van der Waals surface area contributed by atoms with E-state index in [2.05, 4.69) is 5.32 Å². The van der Waals surface area contributed by atoms with E-state index in [-0.39, 0.29) is 17.5 Å². The van der Waals surface area contributed by atoms with Crippen molar-refractivity contribution < 1.29 is 17.6 Å². The SMILES string of the molecule is Fc1cc(F)c(NC2CCc3c(F)cccc32)cc1F. The molecule has 0 heterocycles. The molecule has 2 aromatic carbocycles. The molecule has 0 aromatic heterocycles. The Kier molecular flexibility index (Phi) is 3.12. The topological polar surface area (TPSA) is 12.0 Å². The van der Waals surface area contributed by atoms with Crippen LogP contribution in [-0.2, 0) is 6.42 Å². The standard InChI is InChI=1S/C15H11F4N/c16-10-3-1-2-9-8(10)4-5-14(9)20-15-7-12(18)11(17)6-13(15)19/h1-3,6-7,14,20H,4-5H2. The highest BCUT2D eigenvalue weighted by atomic mass is 19.2. The molecule has 104 valence electrons. The molecule has 0 amide bonds. The Labute approximate surface area is 113 Å². The van der Waals surface area contributed by atoms with E-state index < -0.39 is 17.5 Å². The first kappa shape index (κ1) is 13.0. The van der Waals surface area contributed by atoms with Crippen LogP contribution in [0.4, 0.5) is 23.2 Å². The lowest BCUT2D eigenvalue weighted by Gasteiger charge is -2.16. The third-order valence-corrected chi connectivity index (χ3v) is 3.55. The summed E-state index contributed by atoms with van der Waals surface area (Å²) in [5.41, 5.74) is 1.20. The average Bonchev–Trinajstić information content (AvgIpc) is 2.81. The first-order chi connectivity index (χ1) is 9.56. The van der Waals surface area contributed by atoms with E-state index >= 15 is 0 Å². The van der Waals surface area contributed by atoms with Crippen molar-refractivity contribution in [1.82, 2.24) is 0 Å². The van der Waals surface area contributed by atoms with Crippen molar-refractivity contribution in [2.45, 2.75) is 18.9 Å². The van der Waals surface area contributed by atoms with Crippen molar-refractivity contribution in [2.24, 2.45) is 0 Å². The van der Waals surface area contributed by atoms with Gasteiger partial charge in [0.15, 0.2) is 11.6 Å². The van der Waals surface area contributed by atoms with E-state index in [1.54, 1.807) is 12.1 Å². The lowest BCUT2D eigenvalue weighted by Crippen LogP contribution is -2.09. The molecule has 3 rings (SSSR count). The highest BCUT2D eigenvalue weighted by molar-refractivity contribution is 5.50. The number of halogens is 4. The van der Waals surface area contributed by atoms with Gasteiger partial charge >= 0.3 is 0 Å². The first-order valence-corrected chi connectivity index (χ1v) is 6.24. The predicted octanol–water partition coefficient (Wildman–Crippen LogP) is 4.34. The van der Waals surface area contributed by atoms with Crippen molar-refractivity contribution in [3.05, 3.63) is 64.7 Å². The van der Waals surface area contributed by atoms with Crippen molar-refractivity contribution in [1.29, 1.82) is 0 Å². The molecular weight excluding hydrogens is 270 g/mol. The van der Waals surface area contributed by atoms with Crippen LogP contribution in [0.15, 0.2) is 30.3 Å². The molecule has 0 fully saturated rings. The minimum Gasteiger partial charge on any atom is -0.376 e. The Morgan fingerprint density at radius 1 is 0.900 bits per heavy atom. The van der Waals surface area contributed by atoms with Gasteiger partial charge in [-0.1, -0.05) is 12.1 Å². The van der Waals surface area contributed by atoms with Crippen LogP contribution in [0, 0.1) is 23.3 Å². The van der Waals surface area contributed by atoms with Crippen LogP contribution >= 0.6 is 0 Å². The highest BCUT2D eigenvalue weighted by Gasteiger charge is 2.25. The molecule has 5 heteroatoms. The summed E-state index contributed by atoms with van der Waals surface area (Å²) in [6.45, 7) is 0. The summed E-state index contributed by atoms with van der Waals surface area (Å²) in [5.74, 6) is -3.51. The third kappa shape index (κ3) is 2.13. The van der Waals surface area contributed by atoms with Gasteiger partial charge in [-0.3, -0.25) is 0 Å². The molecule has 1 N–H and O–H groups in total. The fourth-order valence-electron chi connectivity index (χ4n) is 2.58. The van der Waals surface area contributed by atoms with Gasteiger partial charge in [-0.25, -0.2) is 17.6 Å². The third-order valence-electron chi connectivity index (χ3n) is 3.55. The number of fused-ring (bicyclic) bond motifs is 1. The van der Waals surface area contributed by atoms with Crippen LogP contribution < -0.4 is 5.32 Å². The summed E-state index contributed by atoms with van der Waals surface area (Å²) in [6, 6.07) is 5.68. The molecule has 20 heavy (non-hydrogen) atoms. The quantitative estimate of drug-likeness (QED) is 0.637. The minimum absolute atomic E-state index is 0.119. The van der Waals surface area contributed by atoms with E-state index in [0.717, 1.165) is 11.6 Å². The Hall–Kier alpha value is -2.04. The van der Waals surface area contributed by atoms with Crippen molar-refractivity contribution >= 4 is 5.69 Å². The van der Waals surface area contributed by atoms with Crippen LogP contribution in [0.1, 0.15) is 23.6 Å². The molecule has 0 saturated carbocycles. The Morgan fingerprint density at radius 2 is 1.65 bits per heavy atom. The fraction of sp³-hybridized carbons (Fsp3) is 0.200. The first-order valence-electron chi connectivity index (χ1n) is 6.24. The zero-order chi connectivity index (χ0) is 14.3. The van der Waals surface area contributed by atoms with Gasteiger partial charge in [-0.15, -0.1) is 0 Å². The zero-order valence-electron chi connectivity index (χ0n) is 10.4. The van der Waals surface area contributed by atoms with E-state index in [9.17, 15) is 17.6 Å². The Morgan fingerprint density at radius 3 is 2.45 bits per heavy atom. The van der Waals surface area contributed by atoms with Crippen molar-refractivity contribution in [3.63, 3.8) is 0 Å². The lowest BCUT2D eigenvalue weighted by atomic mass is 10.1. The Bertz CT molecular complexity index is 669. The molecule has 2 aromatic rings. The minimum atomic E-state index is -1.23. The highest BCUT2D eigenvalue weighted by Crippen LogP contribution is 2.35. The van der Waals surface area contributed by atoms with Gasteiger partial charge in [-0.05, 0) is 30.0 Å². The second-order valence-corrected chi connectivity index (χ2v) is 4.79. The van der Waals surface area contributed by atoms with Gasteiger partial charge < -0.3 is 5.32 Å². The number of hydrogen-bond acceptors (Lipinski definition) is 1. The summed E-state index contributed by atoms with van der Waals surface area (Å²) in [6.07, 6.45) is 1.11.